The highest BCUT2D eigenvalue weighted by molar-refractivity contribution is 14.0. The minimum Gasteiger partial charge on any atom is -0.356 e. The molecule has 0 spiro atoms. The van der Waals surface area contributed by atoms with E-state index >= 15 is 0 Å². The van der Waals surface area contributed by atoms with Gasteiger partial charge in [0.05, 0.1) is 6.04 Å². The lowest BCUT2D eigenvalue weighted by molar-refractivity contribution is -0.135. The molecule has 1 aromatic carbocycles. The Labute approximate surface area is 190 Å². The number of nitrogens with one attached hydrogen (secondary N) is 1. The Balaban J connectivity index is 0.00000300. The average Bonchev–Trinajstić information content (AvgIpc) is 3.26. The molecule has 3 rings (SSSR count). The second-order valence-electron chi connectivity index (χ2n) is 7.55. The maximum Gasteiger partial charge on any atom is 0.239 e. The molecule has 29 heavy (non-hydrogen) atoms. The Morgan fingerprint density at radius 2 is 1.76 bits per heavy atom. The summed E-state index contributed by atoms with van der Waals surface area (Å²) in [5.41, 5.74) is 0.713. The van der Waals surface area contributed by atoms with E-state index in [0.717, 1.165) is 58.1 Å². The molecule has 1 unspecified atom stereocenters. The number of likely N-dealkylation sites (tertiary alicyclic amines) is 1. The zero-order valence-corrected chi connectivity index (χ0v) is 19.8. The van der Waals surface area contributed by atoms with Gasteiger partial charge in [-0.3, -0.25) is 14.7 Å². The molecule has 1 aromatic rings. The van der Waals surface area contributed by atoms with E-state index < -0.39 is 0 Å². The van der Waals surface area contributed by atoms with Crippen LogP contribution in [-0.4, -0.2) is 85.5 Å². The topological polar surface area (TPSA) is 51.2 Å². The highest BCUT2D eigenvalue weighted by Crippen LogP contribution is 2.14. The molecule has 162 valence electrons. The first-order valence-electron chi connectivity index (χ1n) is 10.3. The van der Waals surface area contributed by atoms with E-state index in [9.17, 15) is 9.18 Å². The third kappa shape index (κ3) is 6.28. The molecule has 2 saturated heterocycles. The summed E-state index contributed by atoms with van der Waals surface area (Å²) in [5.74, 6) is 0.942. The molecule has 0 bridgehead atoms. The number of nitrogens with zero attached hydrogens (tertiary/aromatic N) is 4. The third-order valence-corrected chi connectivity index (χ3v) is 5.78. The van der Waals surface area contributed by atoms with E-state index in [0.29, 0.717) is 18.5 Å². The molecule has 2 heterocycles. The highest BCUT2D eigenvalue weighted by atomic mass is 127. The Bertz CT molecular complexity index is 687. The summed E-state index contributed by atoms with van der Waals surface area (Å²) in [6.07, 6.45) is 2.87. The standard InChI is InChI=1S/C21H32FN5O.HI/c1-17(20(28)26-11-5-6-12-26)25-13-15-27(16-14-25)21(23-2)24-10-9-18-7-3-4-8-19(18)22;/h3-4,7-8,17H,5-6,9-16H2,1-2H3,(H,23,24);1H. The Kier molecular flexibility index (Phi) is 9.61. The summed E-state index contributed by atoms with van der Waals surface area (Å²) < 4.78 is 13.7. The van der Waals surface area contributed by atoms with Crippen molar-refractivity contribution in [1.29, 1.82) is 0 Å². The van der Waals surface area contributed by atoms with Crippen molar-refractivity contribution < 1.29 is 9.18 Å². The first-order chi connectivity index (χ1) is 13.6. The average molecular weight is 517 g/mol. The number of benzene rings is 1. The fourth-order valence-electron chi connectivity index (χ4n) is 4.02. The zero-order valence-electron chi connectivity index (χ0n) is 17.4. The van der Waals surface area contributed by atoms with Crippen LogP contribution in [0.25, 0.3) is 0 Å². The van der Waals surface area contributed by atoms with Gasteiger partial charge in [-0.1, -0.05) is 18.2 Å². The van der Waals surface area contributed by atoms with Crippen molar-refractivity contribution >= 4 is 35.8 Å². The Morgan fingerprint density at radius 1 is 1.10 bits per heavy atom. The second-order valence-corrected chi connectivity index (χ2v) is 7.55. The molecular weight excluding hydrogens is 484 g/mol. The summed E-state index contributed by atoms with van der Waals surface area (Å²) >= 11 is 0. The number of guanidine groups is 1. The van der Waals surface area contributed by atoms with Gasteiger partial charge in [0.2, 0.25) is 5.91 Å². The van der Waals surface area contributed by atoms with Gasteiger partial charge in [0, 0.05) is 52.9 Å². The van der Waals surface area contributed by atoms with Crippen molar-refractivity contribution in [3.8, 4) is 0 Å². The number of carbonyl (C=O) groups is 1. The molecule has 0 aliphatic carbocycles. The van der Waals surface area contributed by atoms with Crippen LogP contribution in [0.1, 0.15) is 25.3 Å². The lowest BCUT2D eigenvalue weighted by Crippen LogP contribution is -2.57. The minimum atomic E-state index is -0.162. The molecule has 2 aliphatic rings. The van der Waals surface area contributed by atoms with Crippen LogP contribution in [0.5, 0.6) is 0 Å². The van der Waals surface area contributed by atoms with Crippen LogP contribution >= 0.6 is 24.0 Å². The fourth-order valence-corrected chi connectivity index (χ4v) is 4.02. The second kappa shape index (κ2) is 11.7. The minimum absolute atomic E-state index is 0. The quantitative estimate of drug-likeness (QED) is 0.370. The van der Waals surface area contributed by atoms with Crippen molar-refractivity contribution in [1.82, 2.24) is 20.0 Å². The molecule has 2 fully saturated rings. The number of piperazine rings is 1. The van der Waals surface area contributed by atoms with Crippen LogP contribution in [0.4, 0.5) is 4.39 Å². The first kappa shape index (κ1) is 23.9. The fraction of sp³-hybridized carbons (Fsp3) is 0.619. The van der Waals surface area contributed by atoms with E-state index in [2.05, 4.69) is 20.1 Å². The van der Waals surface area contributed by atoms with Gasteiger partial charge in [0.25, 0.3) is 0 Å². The normalized spacial score (nSPS) is 19.1. The summed E-state index contributed by atoms with van der Waals surface area (Å²) in [5, 5.41) is 3.34. The molecule has 1 N–H and O–H groups in total. The van der Waals surface area contributed by atoms with Gasteiger partial charge in [-0.05, 0) is 37.8 Å². The molecule has 8 heteroatoms. The molecule has 1 atom stereocenters. The van der Waals surface area contributed by atoms with Gasteiger partial charge in [0.15, 0.2) is 5.96 Å². The predicted octanol–water partition coefficient (Wildman–Crippen LogP) is 2.19. The largest absolute Gasteiger partial charge is 0.356 e. The first-order valence-corrected chi connectivity index (χ1v) is 10.3. The Hall–Kier alpha value is -1.42. The van der Waals surface area contributed by atoms with Crippen LogP contribution in [0.3, 0.4) is 0 Å². The zero-order chi connectivity index (χ0) is 19.9. The van der Waals surface area contributed by atoms with Crippen molar-refractivity contribution in [2.75, 3.05) is 52.9 Å². The summed E-state index contributed by atoms with van der Waals surface area (Å²) in [6, 6.07) is 6.82. The number of hydrogen-bond donors (Lipinski definition) is 1. The Morgan fingerprint density at radius 3 is 2.38 bits per heavy atom. The monoisotopic (exact) mass is 517 g/mol. The number of hydrogen-bond acceptors (Lipinski definition) is 3. The van der Waals surface area contributed by atoms with Gasteiger partial charge < -0.3 is 15.1 Å². The van der Waals surface area contributed by atoms with E-state index in [-0.39, 0.29) is 41.7 Å². The number of halogens is 2. The molecule has 2 aliphatic heterocycles. The number of aliphatic imine (C=N–C) groups is 1. The lowest BCUT2D eigenvalue weighted by atomic mass is 10.1. The molecule has 0 saturated carbocycles. The number of amides is 1. The van der Waals surface area contributed by atoms with E-state index in [1.54, 1.807) is 13.1 Å². The molecule has 0 radical (unpaired) electrons. The molecule has 6 nitrogen and oxygen atoms in total. The van der Waals surface area contributed by atoms with Crippen LogP contribution in [0.15, 0.2) is 29.3 Å². The molecular formula is C21H33FIN5O. The highest BCUT2D eigenvalue weighted by Gasteiger charge is 2.30. The lowest BCUT2D eigenvalue weighted by Gasteiger charge is -2.39. The van der Waals surface area contributed by atoms with Gasteiger partial charge >= 0.3 is 0 Å². The predicted molar refractivity (Wildman–Crippen MR) is 125 cm³/mol. The van der Waals surface area contributed by atoms with Gasteiger partial charge in [-0.25, -0.2) is 4.39 Å². The van der Waals surface area contributed by atoms with Crippen LogP contribution in [0.2, 0.25) is 0 Å². The van der Waals surface area contributed by atoms with Crippen LogP contribution in [0, 0.1) is 5.82 Å². The van der Waals surface area contributed by atoms with E-state index in [1.807, 2.05) is 24.0 Å². The maximum atomic E-state index is 13.7. The van der Waals surface area contributed by atoms with Crippen molar-refractivity contribution in [2.45, 2.75) is 32.2 Å². The molecule has 1 amide bonds. The summed E-state index contributed by atoms with van der Waals surface area (Å²) in [4.78, 5) is 23.5. The van der Waals surface area contributed by atoms with Crippen molar-refractivity contribution in [3.63, 3.8) is 0 Å². The SMILES string of the molecule is CN=C(NCCc1ccccc1F)N1CCN(C(C)C(=O)N2CCCC2)CC1.I. The third-order valence-electron chi connectivity index (χ3n) is 5.78. The van der Waals surface area contributed by atoms with Crippen molar-refractivity contribution in [2.24, 2.45) is 4.99 Å². The number of rotatable bonds is 5. The maximum absolute atomic E-state index is 13.7. The summed E-state index contributed by atoms with van der Waals surface area (Å²) in [7, 11) is 1.78. The van der Waals surface area contributed by atoms with Gasteiger partial charge in [0.1, 0.15) is 5.82 Å². The van der Waals surface area contributed by atoms with Gasteiger partial charge in [-0.15, -0.1) is 24.0 Å². The van der Waals surface area contributed by atoms with Crippen LogP contribution in [-0.2, 0) is 11.2 Å². The summed E-state index contributed by atoms with van der Waals surface area (Å²) in [6.45, 7) is 7.82. The number of carbonyl (C=O) groups excluding carboxylic acids is 1. The van der Waals surface area contributed by atoms with E-state index in [1.165, 1.54) is 6.07 Å². The van der Waals surface area contributed by atoms with Crippen LogP contribution < -0.4 is 5.32 Å². The van der Waals surface area contributed by atoms with Crippen molar-refractivity contribution in [3.05, 3.63) is 35.6 Å². The van der Waals surface area contributed by atoms with E-state index in [4.69, 9.17) is 0 Å². The van der Waals surface area contributed by atoms with Gasteiger partial charge in [-0.2, -0.15) is 0 Å². The smallest absolute Gasteiger partial charge is 0.239 e. The molecule has 0 aromatic heterocycles.